The highest BCUT2D eigenvalue weighted by atomic mass is 35.5. The monoisotopic (exact) mass is 317 g/mol. The minimum Gasteiger partial charge on any atom is -0.298 e. The van der Waals surface area contributed by atoms with Crippen molar-refractivity contribution >= 4 is 46.3 Å². The Morgan fingerprint density at radius 3 is 2.43 bits per heavy atom. The Kier molecular flexibility index (Phi) is 3.53. The standard InChI is InChI=1S/C16H9Cl2NO2/c17-12-6-4-10(5-7-12)16(21)19-8-11(9-20)15-13(18)2-1-3-14(15)19/h1-9H. The molecule has 3 rings (SSSR count). The van der Waals surface area contributed by atoms with E-state index in [0.717, 1.165) is 0 Å². The van der Waals surface area contributed by atoms with Crippen LogP contribution in [-0.4, -0.2) is 16.8 Å². The summed E-state index contributed by atoms with van der Waals surface area (Å²) < 4.78 is 1.42. The third-order valence-electron chi connectivity index (χ3n) is 3.24. The minimum absolute atomic E-state index is 0.243. The van der Waals surface area contributed by atoms with Crippen LogP contribution in [0.4, 0.5) is 0 Å². The average molecular weight is 318 g/mol. The van der Waals surface area contributed by atoms with Crippen molar-refractivity contribution in [3.8, 4) is 0 Å². The van der Waals surface area contributed by atoms with Crippen molar-refractivity contribution in [1.82, 2.24) is 4.57 Å². The zero-order valence-corrected chi connectivity index (χ0v) is 12.2. The SMILES string of the molecule is O=Cc1cn(C(=O)c2ccc(Cl)cc2)c2cccc(Cl)c12. The van der Waals surface area contributed by atoms with Crippen molar-refractivity contribution in [2.45, 2.75) is 0 Å². The number of fused-ring (bicyclic) bond motifs is 1. The predicted molar refractivity (Wildman–Crippen MR) is 83.5 cm³/mol. The summed E-state index contributed by atoms with van der Waals surface area (Å²) in [7, 11) is 0. The molecule has 0 aliphatic carbocycles. The van der Waals surface area contributed by atoms with E-state index in [2.05, 4.69) is 0 Å². The molecular formula is C16H9Cl2NO2. The highest BCUT2D eigenvalue weighted by Gasteiger charge is 2.16. The minimum atomic E-state index is -0.243. The Balaban J connectivity index is 2.21. The molecule has 0 N–H and O–H groups in total. The van der Waals surface area contributed by atoms with Gasteiger partial charge >= 0.3 is 0 Å². The van der Waals surface area contributed by atoms with Crippen LogP contribution in [0.5, 0.6) is 0 Å². The number of nitrogens with zero attached hydrogens (tertiary/aromatic N) is 1. The molecule has 0 aliphatic rings. The maximum Gasteiger partial charge on any atom is 0.262 e. The highest BCUT2D eigenvalue weighted by Crippen LogP contribution is 2.28. The molecule has 104 valence electrons. The first-order valence-electron chi connectivity index (χ1n) is 6.17. The second kappa shape index (κ2) is 5.35. The number of aldehydes is 1. The number of aromatic nitrogens is 1. The summed E-state index contributed by atoms with van der Waals surface area (Å²) in [6.45, 7) is 0. The van der Waals surface area contributed by atoms with E-state index in [4.69, 9.17) is 23.2 Å². The lowest BCUT2D eigenvalue weighted by atomic mass is 10.2. The molecular weight excluding hydrogens is 309 g/mol. The number of halogens is 2. The highest BCUT2D eigenvalue weighted by molar-refractivity contribution is 6.36. The Morgan fingerprint density at radius 1 is 1.05 bits per heavy atom. The fourth-order valence-electron chi connectivity index (χ4n) is 2.26. The maximum atomic E-state index is 12.6. The van der Waals surface area contributed by atoms with E-state index in [1.54, 1.807) is 42.5 Å². The van der Waals surface area contributed by atoms with Crippen LogP contribution in [-0.2, 0) is 0 Å². The third kappa shape index (κ3) is 2.35. The quantitative estimate of drug-likeness (QED) is 0.655. The number of rotatable bonds is 2. The molecule has 3 nitrogen and oxygen atoms in total. The lowest BCUT2D eigenvalue weighted by molar-refractivity contribution is 0.0965. The molecule has 0 amide bonds. The van der Waals surface area contributed by atoms with E-state index in [1.807, 2.05) is 0 Å². The molecule has 0 atom stereocenters. The molecule has 0 saturated heterocycles. The average Bonchev–Trinajstić information content (AvgIpc) is 2.87. The summed E-state index contributed by atoms with van der Waals surface area (Å²) in [5, 5.41) is 1.58. The normalized spacial score (nSPS) is 10.8. The van der Waals surface area contributed by atoms with Gasteiger partial charge in [0.15, 0.2) is 6.29 Å². The summed E-state index contributed by atoms with van der Waals surface area (Å²) in [4.78, 5) is 23.8. The number of hydrogen-bond donors (Lipinski definition) is 0. The molecule has 0 unspecified atom stereocenters. The van der Waals surface area contributed by atoms with E-state index in [9.17, 15) is 9.59 Å². The maximum absolute atomic E-state index is 12.6. The van der Waals surface area contributed by atoms with Gasteiger partial charge in [0.05, 0.1) is 10.5 Å². The first-order valence-corrected chi connectivity index (χ1v) is 6.92. The lowest BCUT2D eigenvalue weighted by Crippen LogP contribution is -2.10. The van der Waals surface area contributed by atoms with E-state index >= 15 is 0 Å². The molecule has 0 spiro atoms. The summed E-state index contributed by atoms with van der Waals surface area (Å²) in [6, 6.07) is 11.8. The van der Waals surface area contributed by atoms with E-state index in [0.29, 0.717) is 38.4 Å². The van der Waals surface area contributed by atoms with Gasteiger partial charge in [-0.15, -0.1) is 0 Å². The number of benzene rings is 2. The van der Waals surface area contributed by atoms with Gasteiger partial charge in [-0.25, -0.2) is 0 Å². The van der Waals surface area contributed by atoms with Gasteiger partial charge in [0.25, 0.3) is 5.91 Å². The van der Waals surface area contributed by atoms with Crippen molar-refractivity contribution < 1.29 is 9.59 Å². The molecule has 3 aromatic rings. The van der Waals surface area contributed by atoms with Gasteiger partial charge in [-0.3, -0.25) is 14.2 Å². The second-order valence-electron chi connectivity index (χ2n) is 4.52. The molecule has 1 heterocycles. The first-order chi connectivity index (χ1) is 10.1. The van der Waals surface area contributed by atoms with Crippen molar-refractivity contribution in [3.05, 3.63) is 69.8 Å². The van der Waals surface area contributed by atoms with Crippen LogP contribution in [0.1, 0.15) is 20.7 Å². The molecule has 2 aromatic carbocycles. The third-order valence-corrected chi connectivity index (χ3v) is 3.81. The van der Waals surface area contributed by atoms with Gasteiger partial charge in [0.1, 0.15) is 0 Å². The largest absolute Gasteiger partial charge is 0.298 e. The van der Waals surface area contributed by atoms with Crippen molar-refractivity contribution in [2.24, 2.45) is 0 Å². The van der Waals surface area contributed by atoms with E-state index in [1.165, 1.54) is 10.8 Å². The van der Waals surface area contributed by atoms with Gasteiger partial charge in [-0.1, -0.05) is 29.3 Å². The molecule has 0 radical (unpaired) electrons. The Labute approximate surface area is 130 Å². The lowest BCUT2D eigenvalue weighted by Gasteiger charge is -2.04. The van der Waals surface area contributed by atoms with Crippen LogP contribution in [0.2, 0.25) is 10.0 Å². The molecule has 1 aromatic heterocycles. The zero-order chi connectivity index (χ0) is 15.0. The Morgan fingerprint density at radius 2 is 1.76 bits per heavy atom. The smallest absolute Gasteiger partial charge is 0.262 e. The molecule has 21 heavy (non-hydrogen) atoms. The molecule has 0 bridgehead atoms. The van der Waals surface area contributed by atoms with Gasteiger partial charge in [0.2, 0.25) is 0 Å². The number of carbonyl (C=O) groups excluding carboxylic acids is 2. The number of carbonyl (C=O) groups is 2. The molecule has 5 heteroatoms. The summed E-state index contributed by atoms with van der Waals surface area (Å²) in [6.07, 6.45) is 2.19. The first kappa shape index (κ1) is 13.9. The van der Waals surface area contributed by atoms with Crippen molar-refractivity contribution in [1.29, 1.82) is 0 Å². The van der Waals surface area contributed by atoms with Crippen molar-refractivity contribution in [3.63, 3.8) is 0 Å². The van der Waals surface area contributed by atoms with E-state index < -0.39 is 0 Å². The van der Waals surface area contributed by atoms with Crippen LogP contribution in [0.25, 0.3) is 10.9 Å². The molecule has 0 saturated carbocycles. The second-order valence-corrected chi connectivity index (χ2v) is 5.36. The molecule has 0 fully saturated rings. The Bertz CT molecular complexity index is 851. The number of hydrogen-bond acceptors (Lipinski definition) is 2. The van der Waals surface area contributed by atoms with Crippen LogP contribution in [0.3, 0.4) is 0 Å². The van der Waals surface area contributed by atoms with Gasteiger partial charge in [-0.05, 0) is 36.4 Å². The van der Waals surface area contributed by atoms with Crippen LogP contribution < -0.4 is 0 Å². The van der Waals surface area contributed by atoms with Crippen LogP contribution in [0, 0.1) is 0 Å². The predicted octanol–water partition coefficient (Wildman–Crippen LogP) is 4.45. The fourth-order valence-corrected chi connectivity index (χ4v) is 2.67. The fraction of sp³-hybridized carbons (Fsp3) is 0. The summed E-state index contributed by atoms with van der Waals surface area (Å²) in [5.41, 5.74) is 1.47. The van der Waals surface area contributed by atoms with Crippen molar-refractivity contribution in [2.75, 3.05) is 0 Å². The van der Waals surface area contributed by atoms with Gasteiger partial charge in [0, 0.05) is 27.7 Å². The molecule has 0 aliphatic heterocycles. The Hall–Kier alpha value is -2.10. The van der Waals surface area contributed by atoms with Gasteiger partial charge in [-0.2, -0.15) is 0 Å². The summed E-state index contributed by atoms with van der Waals surface area (Å²) >= 11 is 11.9. The van der Waals surface area contributed by atoms with Crippen LogP contribution >= 0.6 is 23.2 Å². The summed E-state index contributed by atoms with van der Waals surface area (Å²) in [5.74, 6) is -0.243. The van der Waals surface area contributed by atoms with Gasteiger partial charge < -0.3 is 0 Å². The van der Waals surface area contributed by atoms with E-state index in [-0.39, 0.29) is 5.91 Å². The van der Waals surface area contributed by atoms with Crippen LogP contribution in [0.15, 0.2) is 48.7 Å². The topological polar surface area (TPSA) is 39.1 Å². The zero-order valence-electron chi connectivity index (χ0n) is 10.7.